The minimum absolute atomic E-state index is 0.550. The number of nitrogens with zero attached hydrogens (tertiary/aromatic N) is 6. The van der Waals surface area contributed by atoms with Crippen LogP contribution >= 0.6 is 11.6 Å². The molecule has 1 aromatic carbocycles. The van der Waals surface area contributed by atoms with Gasteiger partial charge in [-0.3, -0.25) is 4.57 Å². The van der Waals surface area contributed by atoms with Crippen LogP contribution in [0.4, 0.5) is 5.95 Å². The Balaban J connectivity index is 1.40. The van der Waals surface area contributed by atoms with E-state index in [1.165, 1.54) is 0 Å². The van der Waals surface area contributed by atoms with E-state index in [1.807, 2.05) is 42.5 Å². The van der Waals surface area contributed by atoms with Crippen molar-refractivity contribution in [2.75, 3.05) is 18.6 Å². The fourth-order valence-electron chi connectivity index (χ4n) is 3.64. The first-order valence-corrected chi connectivity index (χ1v) is 9.99. The number of benzene rings is 1. The topological polar surface area (TPSA) is 82.1 Å². The zero-order chi connectivity index (χ0) is 20.5. The predicted octanol–water partition coefficient (Wildman–Crippen LogP) is 4.07. The van der Waals surface area contributed by atoms with Crippen molar-refractivity contribution in [2.24, 2.45) is 0 Å². The third-order valence-corrected chi connectivity index (χ3v) is 5.28. The van der Waals surface area contributed by atoms with E-state index >= 15 is 0 Å². The van der Waals surface area contributed by atoms with E-state index in [4.69, 9.17) is 20.9 Å². The Morgan fingerprint density at radius 1 is 1.10 bits per heavy atom. The lowest BCUT2D eigenvalue weighted by atomic mass is 10.1. The van der Waals surface area contributed by atoms with Crippen molar-refractivity contribution in [3.05, 3.63) is 59.4 Å². The van der Waals surface area contributed by atoms with Crippen LogP contribution in [0.2, 0.25) is 5.02 Å². The van der Waals surface area contributed by atoms with Gasteiger partial charge >= 0.3 is 0 Å². The van der Waals surface area contributed by atoms with Crippen molar-refractivity contribution in [3.8, 4) is 28.6 Å². The van der Waals surface area contributed by atoms with E-state index < -0.39 is 0 Å². The summed E-state index contributed by atoms with van der Waals surface area (Å²) >= 11 is 6.09. The number of hydrogen-bond acceptors (Lipinski definition) is 7. The molecule has 0 spiro atoms. The van der Waals surface area contributed by atoms with E-state index in [9.17, 15) is 0 Å². The second-order valence-electron chi connectivity index (χ2n) is 7.03. The normalized spacial score (nSPS) is 13.3. The van der Waals surface area contributed by atoms with Gasteiger partial charge in [-0.1, -0.05) is 28.9 Å². The lowest BCUT2D eigenvalue weighted by Gasteiger charge is -2.28. The minimum atomic E-state index is 0.550. The third-order valence-electron chi connectivity index (χ3n) is 5.05. The summed E-state index contributed by atoms with van der Waals surface area (Å²) in [6.45, 7) is 2.31. The first-order valence-electron chi connectivity index (χ1n) is 9.61. The summed E-state index contributed by atoms with van der Waals surface area (Å²) in [5.74, 6) is 2.86. The lowest BCUT2D eigenvalue weighted by molar-refractivity contribution is 0.398. The van der Waals surface area contributed by atoms with Crippen LogP contribution in [-0.2, 0) is 13.1 Å². The minimum Gasteiger partial charge on any atom is -0.481 e. The van der Waals surface area contributed by atoms with Gasteiger partial charge in [0, 0.05) is 47.6 Å². The molecule has 0 amide bonds. The number of pyridine rings is 1. The molecule has 4 aromatic rings. The maximum absolute atomic E-state index is 6.09. The molecule has 0 saturated carbocycles. The number of aromatic nitrogens is 5. The average Bonchev–Trinajstić information content (AvgIpc) is 3.42. The van der Waals surface area contributed by atoms with E-state index in [0.29, 0.717) is 23.2 Å². The zero-order valence-electron chi connectivity index (χ0n) is 16.3. The Bertz CT molecular complexity index is 1190. The second kappa shape index (κ2) is 7.79. The molecule has 0 bridgehead atoms. The molecule has 0 aliphatic carbocycles. The summed E-state index contributed by atoms with van der Waals surface area (Å²) in [5, 5.41) is 13.8. The number of methoxy groups -OCH3 is 1. The fourth-order valence-corrected chi connectivity index (χ4v) is 3.83. The highest BCUT2D eigenvalue weighted by atomic mass is 35.5. The molecule has 5 rings (SSSR count). The van der Waals surface area contributed by atoms with Gasteiger partial charge in [-0.05, 0) is 24.6 Å². The predicted molar refractivity (Wildman–Crippen MR) is 112 cm³/mol. The Kier molecular flexibility index (Phi) is 4.84. The summed E-state index contributed by atoms with van der Waals surface area (Å²) < 4.78 is 12.9. The molecule has 1 aliphatic heterocycles. The molecule has 4 heterocycles. The second-order valence-corrected chi connectivity index (χ2v) is 7.47. The molecule has 1 aliphatic rings. The lowest BCUT2D eigenvalue weighted by Crippen LogP contribution is -2.32. The Morgan fingerprint density at radius 3 is 2.90 bits per heavy atom. The van der Waals surface area contributed by atoms with E-state index in [0.717, 1.165) is 48.1 Å². The van der Waals surface area contributed by atoms with Crippen LogP contribution in [0.5, 0.6) is 5.88 Å². The fraction of sp³-hybridized carbons (Fsp3) is 0.238. The summed E-state index contributed by atoms with van der Waals surface area (Å²) in [5.41, 5.74) is 2.65. The Hall–Kier alpha value is -3.39. The van der Waals surface area contributed by atoms with Crippen molar-refractivity contribution in [1.29, 1.82) is 0 Å². The Morgan fingerprint density at radius 2 is 2.03 bits per heavy atom. The molecule has 3 aromatic heterocycles. The van der Waals surface area contributed by atoms with Crippen molar-refractivity contribution in [1.82, 2.24) is 24.9 Å². The van der Waals surface area contributed by atoms with Gasteiger partial charge in [0.2, 0.25) is 11.8 Å². The Labute approximate surface area is 178 Å². The summed E-state index contributed by atoms with van der Waals surface area (Å²) in [7, 11) is 1.60. The first-order chi connectivity index (χ1) is 14.7. The summed E-state index contributed by atoms with van der Waals surface area (Å²) in [6.07, 6.45) is 2.70. The maximum atomic E-state index is 6.09. The molecule has 0 atom stereocenters. The maximum Gasteiger partial charge on any atom is 0.227 e. The van der Waals surface area contributed by atoms with Crippen molar-refractivity contribution < 1.29 is 9.26 Å². The van der Waals surface area contributed by atoms with E-state index in [2.05, 4.69) is 29.8 Å². The van der Waals surface area contributed by atoms with Gasteiger partial charge in [0.05, 0.1) is 13.7 Å². The first kappa shape index (κ1) is 18.6. The highest BCUT2D eigenvalue weighted by Crippen LogP contribution is 2.29. The molecule has 0 N–H and O–H groups in total. The molecule has 0 saturated heterocycles. The van der Waals surface area contributed by atoms with E-state index in [1.54, 1.807) is 13.3 Å². The van der Waals surface area contributed by atoms with Crippen molar-refractivity contribution in [2.45, 2.75) is 19.5 Å². The molecule has 0 radical (unpaired) electrons. The molecule has 152 valence electrons. The van der Waals surface area contributed by atoms with Gasteiger partial charge in [0.25, 0.3) is 0 Å². The largest absolute Gasteiger partial charge is 0.481 e. The quantitative estimate of drug-likeness (QED) is 0.479. The molecule has 8 nitrogen and oxygen atoms in total. The van der Waals surface area contributed by atoms with Crippen molar-refractivity contribution in [3.63, 3.8) is 0 Å². The third kappa shape index (κ3) is 3.50. The van der Waals surface area contributed by atoms with Crippen LogP contribution in [-0.4, -0.2) is 38.6 Å². The molecular formula is C21H19ClN6O2. The van der Waals surface area contributed by atoms with Crippen LogP contribution in [0.3, 0.4) is 0 Å². The number of anilines is 1. The van der Waals surface area contributed by atoms with Crippen LogP contribution in [0, 0.1) is 0 Å². The molecule has 30 heavy (non-hydrogen) atoms. The molecule has 0 unspecified atom stereocenters. The highest BCUT2D eigenvalue weighted by molar-refractivity contribution is 6.30. The van der Waals surface area contributed by atoms with Crippen LogP contribution in [0.25, 0.3) is 22.7 Å². The SMILES string of the molecule is COc1cc(-c2nnc3n2CCCN3Cc2cc(-c3cccc(Cl)c3)on2)ccn1. The number of hydrogen-bond donors (Lipinski definition) is 0. The van der Waals surface area contributed by atoms with Crippen LogP contribution < -0.4 is 9.64 Å². The smallest absolute Gasteiger partial charge is 0.227 e. The van der Waals surface area contributed by atoms with Gasteiger partial charge in [0.1, 0.15) is 5.69 Å². The molecular weight excluding hydrogens is 404 g/mol. The molecule has 0 fully saturated rings. The van der Waals surface area contributed by atoms with Gasteiger partial charge in [0.15, 0.2) is 11.6 Å². The van der Waals surface area contributed by atoms with Gasteiger partial charge in [-0.15, -0.1) is 10.2 Å². The summed E-state index contributed by atoms with van der Waals surface area (Å²) in [4.78, 5) is 6.33. The van der Waals surface area contributed by atoms with Crippen molar-refractivity contribution >= 4 is 17.5 Å². The molecule has 9 heteroatoms. The number of rotatable bonds is 5. The van der Waals surface area contributed by atoms with Gasteiger partial charge in [-0.25, -0.2) is 4.98 Å². The standard InChI is InChI=1S/C21H19ClN6O2/c1-29-19-11-15(6-7-23-19)20-24-25-21-27(8-3-9-28(20)21)13-17-12-18(30-26-17)14-4-2-5-16(22)10-14/h2,4-7,10-12H,3,8-9,13H2,1H3. The van der Waals surface area contributed by atoms with Gasteiger partial charge in [-0.2, -0.15) is 0 Å². The van der Waals surface area contributed by atoms with Crippen LogP contribution in [0.1, 0.15) is 12.1 Å². The zero-order valence-corrected chi connectivity index (χ0v) is 17.1. The summed E-state index contributed by atoms with van der Waals surface area (Å²) in [6, 6.07) is 13.2. The average molecular weight is 423 g/mol. The van der Waals surface area contributed by atoms with Crippen LogP contribution in [0.15, 0.2) is 53.2 Å². The number of halogens is 1. The number of fused-ring (bicyclic) bond motifs is 1. The van der Waals surface area contributed by atoms with E-state index in [-0.39, 0.29) is 0 Å². The highest BCUT2D eigenvalue weighted by Gasteiger charge is 2.24. The number of ether oxygens (including phenoxy) is 1. The van der Waals surface area contributed by atoms with Gasteiger partial charge < -0.3 is 14.2 Å². The monoisotopic (exact) mass is 422 g/mol.